The van der Waals surface area contributed by atoms with Crippen molar-refractivity contribution >= 4 is 92.8 Å². The highest BCUT2D eigenvalue weighted by molar-refractivity contribution is 6.92. The van der Waals surface area contributed by atoms with Crippen LogP contribution in [0.5, 0.6) is 0 Å². The SMILES string of the molecule is CC[Si]1(CC)O[SiH2]O[SiH2]O[SiH2]O[SiH2]O[SiH2]O[Si](CC)(CC)O[Si](CC)(CC)O[Si](CC)(CC)O[Si](CC)(CC)O1. The van der Waals surface area contributed by atoms with Gasteiger partial charge in [0.2, 0.25) is 0 Å². The Morgan fingerprint density at radius 2 is 0.500 bits per heavy atom. The van der Waals surface area contributed by atoms with Crippen LogP contribution in [0, 0.1) is 0 Å². The molecule has 10 nitrogen and oxygen atoms in total. The molecule has 0 bridgehead atoms. The monoisotopic (exact) mass is 740 g/mol. The van der Waals surface area contributed by atoms with E-state index < -0.39 is 92.8 Å². The van der Waals surface area contributed by atoms with Gasteiger partial charge < -0.3 is 41.2 Å². The summed E-state index contributed by atoms with van der Waals surface area (Å²) in [6.45, 7) is 22.1. The van der Waals surface area contributed by atoms with Gasteiger partial charge >= 0.3 is 42.8 Å². The average Bonchev–Trinajstić information content (AvgIpc) is 3.00. The van der Waals surface area contributed by atoms with Gasteiger partial charge in [0.1, 0.15) is 0 Å². The predicted octanol–water partition coefficient (Wildman–Crippen LogP) is 2.57. The van der Waals surface area contributed by atoms with Crippen LogP contribution in [0.2, 0.25) is 60.4 Å². The second kappa shape index (κ2) is 20.0. The van der Waals surface area contributed by atoms with E-state index in [1.807, 2.05) is 0 Å². The summed E-state index contributed by atoms with van der Waals surface area (Å²) in [4.78, 5) is 0. The molecule has 0 aromatic heterocycles. The van der Waals surface area contributed by atoms with E-state index in [0.29, 0.717) is 0 Å². The zero-order valence-corrected chi connectivity index (χ0v) is 39.3. The summed E-state index contributed by atoms with van der Waals surface area (Å²) in [6, 6.07) is 8.73. The molecule has 40 heavy (non-hydrogen) atoms. The molecular weight excluding hydrogens is 681 g/mol. The lowest BCUT2D eigenvalue weighted by atomic mass is 10.9. The molecule has 1 aliphatic heterocycles. The largest absolute Gasteiger partial charge is 0.425 e. The first-order chi connectivity index (χ1) is 19.1. The molecular formula is C20H60O10Si10. The van der Waals surface area contributed by atoms with Crippen molar-refractivity contribution in [1.29, 1.82) is 0 Å². The molecule has 0 saturated carbocycles. The van der Waals surface area contributed by atoms with E-state index in [4.69, 9.17) is 41.2 Å². The summed E-state index contributed by atoms with van der Waals surface area (Å²) in [5.41, 5.74) is 0. The molecule has 0 atom stereocenters. The number of rotatable bonds is 10. The van der Waals surface area contributed by atoms with E-state index in [-0.39, 0.29) is 0 Å². The molecule has 0 N–H and O–H groups in total. The van der Waals surface area contributed by atoms with Crippen LogP contribution in [0.1, 0.15) is 69.2 Å². The van der Waals surface area contributed by atoms with Crippen LogP contribution in [-0.4, -0.2) is 92.8 Å². The van der Waals surface area contributed by atoms with Crippen LogP contribution in [-0.2, 0) is 41.2 Å². The van der Waals surface area contributed by atoms with Gasteiger partial charge in [-0.05, 0) is 60.4 Å². The molecule has 0 spiro atoms. The van der Waals surface area contributed by atoms with Gasteiger partial charge in [-0.15, -0.1) is 0 Å². The minimum atomic E-state index is -2.68. The van der Waals surface area contributed by atoms with Crippen molar-refractivity contribution in [3.05, 3.63) is 0 Å². The minimum absolute atomic E-state index is 0.868. The van der Waals surface area contributed by atoms with E-state index in [9.17, 15) is 0 Å². The minimum Gasteiger partial charge on any atom is -0.425 e. The Morgan fingerprint density at radius 3 is 0.725 bits per heavy atom. The standard InChI is InChI=1S/C20H60O10Si10/c1-11-36(12-2)25-34-23-32-21-31-22-33-24-35-26-37(13-3,14-4)28-39(17-7,18-8)30-40(19-9,20-10)29-38(15-5,16-6)27-36/h11-20,31-35H2,1-10H3. The average molecular weight is 742 g/mol. The van der Waals surface area contributed by atoms with Crippen molar-refractivity contribution in [2.24, 2.45) is 0 Å². The fourth-order valence-corrected chi connectivity index (χ4v) is 43.5. The normalized spacial score (nSPS) is 27.8. The first-order valence-electron chi connectivity index (χ1n) is 15.5. The van der Waals surface area contributed by atoms with Gasteiger partial charge in [-0.25, -0.2) is 0 Å². The molecule has 0 aromatic rings. The van der Waals surface area contributed by atoms with Crippen LogP contribution in [0.4, 0.5) is 0 Å². The maximum Gasteiger partial charge on any atom is 0.320 e. The van der Waals surface area contributed by atoms with E-state index >= 15 is 0 Å². The van der Waals surface area contributed by atoms with Crippen molar-refractivity contribution in [2.45, 2.75) is 130 Å². The molecule has 20 heteroatoms. The fourth-order valence-electron chi connectivity index (χ4n) is 4.90. The van der Waals surface area contributed by atoms with Crippen molar-refractivity contribution in [3.63, 3.8) is 0 Å². The van der Waals surface area contributed by atoms with Crippen LogP contribution in [0.3, 0.4) is 0 Å². The molecule has 1 rings (SSSR count). The van der Waals surface area contributed by atoms with Crippen molar-refractivity contribution in [3.8, 4) is 0 Å². The zero-order valence-electron chi connectivity index (χ0n) is 27.2. The number of hydrogen-bond acceptors (Lipinski definition) is 10. The quantitative estimate of drug-likeness (QED) is 0.312. The molecule has 0 amide bonds. The van der Waals surface area contributed by atoms with Crippen LogP contribution < -0.4 is 0 Å². The summed E-state index contributed by atoms with van der Waals surface area (Å²) in [5, 5.41) is 0. The van der Waals surface area contributed by atoms with Gasteiger partial charge in [0, 0.05) is 0 Å². The topological polar surface area (TPSA) is 92.3 Å². The lowest BCUT2D eigenvalue weighted by Crippen LogP contribution is -2.65. The highest BCUT2D eigenvalue weighted by Gasteiger charge is 2.55. The maximum atomic E-state index is 7.41. The molecule has 0 aliphatic carbocycles. The Morgan fingerprint density at radius 1 is 0.300 bits per heavy atom. The first-order valence-corrected chi connectivity index (χ1v) is 32.5. The first kappa shape index (κ1) is 39.8. The highest BCUT2D eigenvalue weighted by atomic mass is 28.5. The Balaban J connectivity index is 3.54. The molecule has 0 radical (unpaired) electrons. The lowest BCUT2D eigenvalue weighted by molar-refractivity contribution is 0.242. The fraction of sp³-hybridized carbons (Fsp3) is 1.00. The lowest BCUT2D eigenvalue weighted by Gasteiger charge is -2.48. The molecule has 1 fully saturated rings. The van der Waals surface area contributed by atoms with Crippen molar-refractivity contribution < 1.29 is 41.2 Å². The second-order valence-electron chi connectivity index (χ2n) is 10.2. The summed E-state index contributed by atoms with van der Waals surface area (Å²) in [5.74, 6) is 0. The van der Waals surface area contributed by atoms with E-state index in [1.54, 1.807) is 0 Å². The molecule has 0 aromatic carbocycles. The van der Waals surface area contributed by atoms with Gasteiger partial charge in [0.25, 0.3) is 50.0 Å². The number of hydrogen-bond donors (Lipinski definition) is 0. The Hall–Kier alpha value is 1.77. The van der Waals surface area contributed by atoms with Gasteiger partial charge in [-0.3, -0.25) is 0 Å². The van der Waals surface area contributed by atoms with Gasteiger partial charge in [0.15, 0.2) is 0 Å². The zero-order chi connectivity index (χ0) is 30.2. The van der Waals surface area contributed by atoms with Gasteiger partial charge in [-0.2, -0.15) is 0 Å². The molecule has 240 valence electrons. The third-order valence-electron chi connectivity index (χ3n) is 8.19. The summed E-state index contributed by atoms with van der Waals surface area (Å²) in [6.07, 6.45) is 0. The third-order valence-corrected chi connectivity index (χ3v) is 41.3. The van der Waals surface area contributed by atoms with Gasteiger partial charge in [-0.1, -0.05) is 69.2 Å². The summed E-state index contributed by atoms with van der Waals surface area (Å²) < 4.78 is 66.0. The molecule has 0 unspecified atom stereocenters. The molecule has 1 saturated heterocycles. The van der Waals surface area contributed by atoms with Crippen molar-refractivity contribution in [1.82, 2.24) is 0 Å². The van der Waals surface area contributed by atoms with Gasteiger partial charge in [0.05, 0.1) is 0 Å². The van der Waals surface area contributed by atoms with E-state index in [0.717, 1.165) is 60.4 Å². The van der Waals surface area contributed by atoms with E-state index in [2.05, 4.69) is 69.2 Å². The van der Waals surface area contributed by atoms with E-state index in [1.165, 1.54) is 0 Å². The predicted molar refractivity (Wildman–Crippen MR) is 187 cm³/mol. The maximum absolute atomic E-state index is 7.41. The smallest absolute Gasteiger partial charge is 0.320 e. The van der Waals surface area contributed by atoms with Crippen LogP contribution >= 0.6 is 0 Å². The Bertz CT molecular complexity index is 616. The van der Waals surface area contributed by atoms with Crippen LogP contribution in [0.25, 0.3) is 0 Å². The Labute approximate surface area is 262 Å². The van der Waals surface area contributed by atoms with Crippen LogP contribution in [0.15, 0.2) is 0 Å². The summed E-state index contributed by atoms with van der Waals surface area (Å²) in [7, 11) is -18.6. The highest BCUT2D eigenvalue weighted by Crippen LogP contribution is 2.38. The second-order valence-corrected chi connectivity index (χ2v) is 39.7. The molecule has 1 aliphatic rings. The summed E-state index contributed by atoms with van der Waals surface area (Å²) >= 11 is 0. The van der Waals surface area contributed by atoms with Crippen molar-refractivity contribution in [2.75, 3.05) is 0 Å². The Kier molecular flexibility index (Phi) is 19.9. The third kappa shape index (κ3) is 11.6. The molecule has 1 heterocycles.